The largest absolute Gasteiger partial charge is 0.482 e. The van der Waals surface area contributed by atoms with Crippen LogP contribution >= 0.6 is 0 Å². The molecule has 9 heteroatoms. The Morgan fingerprint density at radius 2 is 2.22 bits per heavy atom. The van der Waals surface area contributed by atoms with Crippen molar-refractivity contribution in [3.8, 4) is 5.75 Å². The standard InChI is InChI=1S/C18H18N4O5/c1-10-2-3-15-13(4-10)22(17(24)8-27-15)7-16(23)21-6-12-11(19-9-20-12)5-14(21)18(25)26/h2-4,9,14H,5-8H2,1H3,(H,19,20)(H,25,26)/t14-/m1/s1. The number of carbonyl (C=O) groups excluding carboxylic acids is 2. The van der Waals surface area contributed by atoms with Crippen molar-refractivity contribution in [3.05, 3.63) is 41.5 Å². The predicted molar refractivity (Wildman–Crippen MR) is 93.3 cm³/mol. The Morgan fingerprint density at radius 3 is 3.00 bits per heavy atom. The second-order valence-electron chi connectivity index (χ2n) is 6.65. The number of aromatic nitrogens is 2. The maximum absolute atomic E-state index is 12.9. The summed E-state index contributed by atoms with van der Waals surface area (Å²) >= 11 is 0. The number of imidazole rings is 1. The van der Waals surface area contributed by atoms with Gasteiger partial charge in [0, 0.05) is 6.42 Å². The van der Waals surface area contributed by atoms with Crippen LogP contribution in [-0.4, -0.2) is 57.0 Å². The van der Waals surface area contributed by atoms with Gasteiger partial charge in [0.25, 0.3) is 5.91 Å². The van der Waals surface area contributed by atoms with Gasteiger partial charge in [-0.2, -0.15) is 0 Å². The van der Waals surface area contributed by atoms with Gasteiger partial charge in [-0.3, -0.25) is 14.5 Å². The molecule has 2 aliphatic heterocycles. The smallest absolute Gasteiger partial charge is 0.326 e. The molecular formula is C18H18N4O5. The summed E-state index contributed by atoms with van der Waals surface area (Å²) in [5.41, 5.74) is 2.80. The minimum atomic E-state index is -1.10. The first-order valence-corrected chi connectivity index (χ1v) is 8.51. The van der Waals surface area contributed by atoms with Gasteiger partial charge in [-0.1, -0.05) is 6.07 Å². The average molecular weight is 370 g/mol. The van der Waals surface area contributed by atoms with Gasteiger partial charge in [0.1, 0.15) is 18.3 Å². The Hall–Kier alpha value is -3.36. The molecule has 140 valence electrons. The molecule has 2 aliphatic rings. The van der Waals surface area contributed by atoms with E-state index in [9.17, 15) is 19.5 Å². The number of carbonyl (C=O) groups is 3. The van der Waals surface area contributed by atoms with Crippen molar-refractivity contribution in [1.82, 2.24) is 14.9 Å². The van der Waals surface area contributed by atoms with Gasteiger partial charge in [-0.05, 0) is 24.6 Å². The normalized spacial score (nSPS) is 18.6. The summed E-state index contributed by atoms with van der Waals surface area (Å²) in [7, 11) is 0. The fraction of sp³-hybridized carbons (Fsp3) is 0.333. The molecule has 4 rings (SSSR count). The van der Waals surface area contributed by atoms with Crippen molar-refractivity contribution < 1.29 is 24.2 Å². The van der Waals surface area contributed by atoms with Crippen LogP contribution in [0.5, 0.6) is 5.75 Å². The van der Waals surface area contributed by atoms with Gasteiger partial charge in [0.15, 0.2) is 6.61 Å². The molecule has 0 saturated heterocycles. The average Bonchev–Trinajstić information content (AvgIpc) is 3.10. The number of hydrogen-bond acceptors (Lipinski definition) is 5. The fourth-order valence-electron chi connectivity index (χ4n) is 3.43. The molecule has 0 bridgehead atoms. The van der Waals surface area contributed by atoms with E-state index < -0.39 is 17.9 Å². The molecule has 1 aromatic carbocycles. The summed E-state index contributed by atoms with van der Waals surface area (Å²) < 4.78 is 5.42. The Balaban J connectivity index is 1.61. The van der Waals surface area contributed by atoms with E-state index in [1.165, 1.54) is 16.1 Å². The maximum atomic E-state index is 12.9. The molecular weight excluding hydrogens is 352 g/mol. The lowest BCUT2D eigenvalue weighted by Gasteiger charge is -2.35. The molecule has 1 atom stereocenters. The zero-order valence-electron chi connectivity index (χ0n) is 14.6. The van der Waals surface area contributed by atoms with E-state index in [-0.39, 0.29) is 32.0 Å². The number of aryl methyl sites for hydroxylation is 1. The van der Waals surface area contributed by atoms with Crippen molar-refractivity contribution in [1.29, 1.82) is 0 Å². The maximum Gasteiger partial charge on any atom is 0.326 e. The molecule has 0 fully saturated rings. The predicted octanol–water partition coefficient (Wildman–Crippen LogP) is 0.482. The van der Waals surface area contributed by atoms with Crippen LogP contribution in [0.15, 0.2) is 24.5 Å². The molecule has 0 radical (unpaired) electrons. The number of fused-ring (bicyclic) bond motifs is 2. The highest BCUT2D eigenvalue weighted by molar-refractivity contribution is 6.02. The van der Waals surface area contributed by atoms with Crippen LogP contribution in [0, 0.1) is 6.92 Å². The van der Waals surface area contributed by atoms with Gasteiger partial charge in [-0.25, -0.2) is 9.78 Å². The monoisotopic (exact) mass is 370 g/mol. The number of hydrogen-bond donors (Lipinski definition) is 2. The lowest BCUT2D eigenvalue weighted by molar-refractivity contribution is -0.151. The van der Waals surface area contributed by atoms with Crippen molar-refractivity contribution in [3.63, 3.8) is 0 Å². The highest BCUT2D eigenvalue weighted by Crippen LogP contribution is 2.33. The van der Waals surface area contributed by atoms with Crippen LogP contribution in [0.25, 0.3) is 0 Å². The molecule has 9 nitrogen and oxygen atoms in total. The molecule has 3 heterocycles. The van der Waals surface area contributed by atoms with Crippen LogP contribution in [0.4, 0.5) is 5.69 Å². The minimum Gasteiger partial charge on any atom is -0.482 e. The Labute approximate surface area is 154 Å². The number of rotatable bonds is 3. The topological polar surface area (TPSA) is 116 Å². The molecule has 1 aromatic heterocycles. The third kappa shape index (κ3) is 3.01. The van der Waals surface area contributed by atoms with E-state index in [0.717, 1.165) is 5.56 Å². The molecule has 27 heavy (non-hydrogen) atoms. The molecule has 2 amide bonds. The lowest BCUT2D eigenvalue weighted by Crippen LogP contribution is -2.53. The molecule has 2 N–H and O–H groups in total. The van der Waals surface area contributed by atoms with Crippen LogP contribution in [-0.2, 0) is 27.3 Å². The molecule has 0 saturated carbocycles. The molecule has 0 unspecified atom stereocenters. The number of aromatic amines is 1. The Kier molecular flexibility index (Phi) is 4.06. The SMILES string of the molecule is Cc1ccc2c(c1)N(CC(=O)N1Cc3[nH]cnc3C[C@@H]1C(=O)O)C(=O)CO2. The van der Waals surface area contributed by atoms with Crippen molar-refractivity contribution in [2.45, 2.75) is 25.9 Å². The van der Waals surface area contributed by atoms with Gasteiger partial charge in [-0.15, -0.1) is 0 Å². The van der Waals surface area contributed by atoms with Crippen LogP contribution < -0.4 is 9.64 Å². The number of ether oxygens (including phenoxy) is 1. The summed E-state index contributed by atoms with van der Waals surface area (Å²) in [6.07, 6.45) is 1.62. The van der Waals surface area contributed by atoms with Crippen molar-refractivity contribution in [2.24, 2.45) is 0 Å². The minimum absolute atomic E-state index is 0.115. The number of amides is 2. The fourth-order valence-corrected chi connectivity index (χ4v) is 3.43. The van der Waals surface area contributed by atoms with E-state index in [1.54, 1.807) is 12.1 Å². The third-order valence-corrected chi connectivity index (χ3v) is 4.86. The number of nitrogens with one attached hydrogen (secondary N) is 1. The number of benzene rings is 1. The lowest BCUT2D eigenvalue weighted by atomic mass is 10.0. The van der Waals surface area contributed by atoms with E-state index in [0.29, 0.717) is 22.8 Å². The van der Waals surface area contributed by atoms with E-state index in [1.807, 2.05) is 13.0 Å². The van der Waals surface area contributed by atoms with Crippen LogP contribution in [0.1, 0.15) is 17.0 Å². The summed E-state index contributed by atoms with van der Waals surface area (Å²) in [4.78, 5) is 46.7. The molecule has 0 spiro atoms. The van der Waals surface area contributed by atoms with Crippen molar-refractivity contribution in [2.75, 3.05) is 18.1 Å². The van der Waals surface area contributed by atoms with E-state index in [2.05, 4.69) is 9.97 Å². The Bertz CT molecular complexity index is 938. The number of carboxylic acid groups (broad SMARTS) is 1. The summed E-state index contributed by atoms with van der Waals surface area (Å²) in [6, 6.07) is 4.38. The first kappa shape index (κ1) is 17.1. The quantitative estimate of drug-likeness (QED) is 0.812. The van der Waals surface area contributed by atoms with Crippen molar-refractivity contribution >= 4 is 23.5 Å². The van der Waals surface area contributed by atoms with Crippen LogP contribution in [0.3, 0.4) is 0 Å². The number of nitrogens with zero attached hydrogens (tertiary/aromatic N) is 3. The summed E-state index contributed by atoms with van der Waals surface area (Å²) in [5.74, 6) is -1.35. The zero-order valence-corrected chi connectivity index (χ0v) is 14.6. The second-order valence-corrected chi connectivity index (χ2v) is 6.65. The zero-order chi connectivity index (χ0) is 19.1. The highest BCUT2D eigenvalue weighted by atomic mass is 16.5. The van der Waals surface area contributed by atoms with E-state index >= 15 is 0 Å². The molecule has 0 aliphatic carbocycles. The summed E-state index contributed by atoms with van der Waals surface area (Å²) in [6.45, 7) is 1.59. The van der Waals surface area contributed by atoms with Gasteiger partial charge in [0.05, 0.1) is 29.9 Å². The Morgan fingerprint density at radius 1 is 1.41 bits per heavy atom. The third-order valence-electron chi connectivity index (χ3n) is 4.86. The number of aliphatic carboxylic acids is 1. The number of anilines is 1. The van der Waals surface area contributed by atoms with Crippen LogP contribution in [0.2, 0.25) is 0 Å². The molecule has 2 aromatic rings. The van der Waals surface area contributed by atoms with Gasteiger partial charge < -0.3 is 19.7 Å². The second kappa shape index (κ2) is 6.42. The first-order valence-electron chi connectivity index (χ1n) is 8.51. The van der Waals surface area contributed by atoms with Gasteiger partial charge >= 0.3 is 5.97 Å². The first-order chi connectivity index (χ1) is 12.9. The van der Waals surface area contributed by atoms with E-state index in [4.69, 9.17) is 4.74 Å². The number of carboxylic acids is 1. The summed E-state index contributed by atoms with van der Waals surface area (Å²) in [5, 5.41) is 9.54. The van der Waals surface area contributed by atoms with Gasteiger partial charge in [0.2, 0.25) is 5.91 Å². The number of H-pyrrole nitrogens is 1. The highest BCUT2D eigenvalue weighted by Gasteiger charge is 2.38.